The van der Waals surface area contributed by atoms with Crippen molar-refractivity contribution >= 4 is 5.91 Å². The van der Waals surface area contributed by atoms with Crippen LogP contribution < -0.4 is 5.73 Å². The second kappa shape index (κ2) is 7.48. The quantitative estimate of drug-likeness (QED) is 0.504. The molecule has 1 aromatic rings. The molecule has 17 heavy (non-hydrogen) atoms. The van der Waals surface area contributed by atoms with Crippen LogP contribution in [0.15, 0.2) is 11.4 Å². The van der Waals surface area contributed by atoms with Crippen LogP contribution in [-0.4, -0.2) is 27.4 Å². The van der Waals surface area contributed by atoms with Gasteiger partial charge in [0, 0.05) is 25.6 Å². The third-order valence-electron chi connectivity index (χ3n) is 2.36. The number of hydrogen-bond acceptors (Lipinski definition) is 5. The van der Waals surface area contributed by atoms with Crippen molar-refractivity contribution in [1.29, 1.82) is 0 Å². The van der Waals surface area contributed by atoms with Gasteiger partial charge in [-0.1, -0.05) is 16.8 Å². The molecule has 2 N–H and O–H groups in total. The summed E-state index contributed by atoms with van der Waals surface area (Å²) in [5.41, 5.74) is 5.81. The number of unbranched alkanes of at least 4 members (excludes halogenated alkanes) is 2. The summed E-state index contributed by atoms with van der Waals surface area (Å²) in [6.07, 6.45) is 5.47. The zero-order chi connectivity index (χ0) is 12.5. The van der Waals surface area contributed by atoms with Crippen LogP contribution in [0.2, 0.25) is 0 Å². The van der Waals surface area contributed by atoms with E-state index in [0.29, 0.717) is 12.8 Å². The van der Waals surface area contributed by atoms with E-state index in [1.54, 1.807) is 4.68 Å². The Hall–Kier alpha value is -1.79. The lowest BCUT2D eigenvalue weighted by atomic mass is 10.2. The van der Waals surface area contributed by atoms with E-state index in [2.05, 4.69) is 15.5 Å². The van der Waals surface area contributed by atoms with Crippen molar-refractivity contribution in [2.75, 3.05) is 6.54 Å². The first-order valence-corrected chi connectivity index (χ1v) is 5.69. The van der Waals surface area contributed by atoms with Gasteiger partial charge in [0.15, 0.2) is 0 Å². The zero-order valence-electron chi connectivity index (χ0n) is 9.71. The largest absolute Gasteiger partial charge is 0.370 e. The first kappa shape index (κ1) is 13.3. The van der Waals surface area contributed by atoms with E-state index in [1.165, 1.54) is 0 Å². The van der Waals surface area contributed by atoms with Gasteiger partial charge < -0.3 is 5.73 Å². The van der Waals surface area contributed by atoms with Crippen LogP contribution in [0.4, 0.5) is 0 Å². The van der Waals surface area contributed by atoms with Crippen LogP contribution in [0.3, 0.4) is 0 Å². The maximum atomic E-state index is 10.5. The Morgan fingerprint density at radius 1 is 1.41 bits per heavy atom. The summed E-state index contributed by atoms with van der Waals surface area (Å²) in [4.78, 5) is 20.4. The Labute approximate surface area is 99.3 Å². The van der Waals surface area contributed by atoms with Gasteiger partial charge in [-0.05, 0) is 12.8 Å². The standard InChI is InChI=1S/C10H17N5O2/c11-10(16)4-2-1-3-7-15-8-9(13-14-15)5-6-12-17/h8H,1-7H2,(H2,11,16). The number of nitroso groups, excluding NO2 is 1. The number of aryl methyl sites for hydroxylation is 1. The Morgan fingerprint density at radius 2 is 2.24 bits per heavy atom. The van der Waals surface area contributed by atoms with Crippen molar-refractivity contribution in [3.63, 3.8) is 0 Å². The third-order valence-corrected chi connectivity index (χ3v) is 2.36. The van der Waals surface area contributed by atoms with Gasteiger partial charge >= 0.3 is 0 Å². The highest BCUT2D eigenvalue weighted by Crippen LogP contribution is 2.02. The molecule has 1 aromatic heterocycles. The Balaban J connectivity index is 2.16. The first-order valence-electron chi connectivity index (χ1n) is 5.69. The van der Waals surface area contributed by atoms with E-state index in [1.807, 2.05) is 6.20 Å². The molecule has 0 saturated carbocycles. The molecule has 0 bridgehead atoms. The molecule has 1 rings (SSSR count). The molecule has 0 unspecified atom stereocenters. The van der Waals surface area contributed by atoms with E-state index in [0.717, 1.165) is 31.5 Å². The molecular weight excluding hydrogens is 222 g/mol. The molecule has 0 aliphatic rings. The monoisotopic (exact) mass is 239 g/mol. The smallest absolute Gasteiger partial charge is 0.217 e. The predicted molar refractivity (Wildman–Crippen MR) is 62.1 cm³/mol. The number of nitrogens with zero attached hydrogens (tertiary/aromatic N) is 4. The average Bonchev–Trinajstić information content (AvgIpc) is 2.73. The molecule has 0 saturated heterocycles. The molecular formula is C10H17N5O2. The number of carbonyl (C=O) groups is 1. The number of nitrogens with two attached hydrogens (primary N) is 1. The van der Waals surface area contributed by atoms with Crippen molar-refractivity contribution < 1.29 is 4.79 Å². The fourth-order valence-electron chi connectivity index (χ4n) is 1.47. The second-order valence-corrected chi connectivity index (χ2v) is 3.85. The maximum Gasteiger partial charge on any atom is 0.217 e. The third kappa shape index (κ3) is 5.74. The predicted octanol–water partition coefficient (Wildman–Crippen LogP) is 0.633. The molecule has 0 spiro atoms. The average molecular weight is 239 g/mol. The highest BCUT2D eigenvalue weighted by molar-refractivity contribution is 5.73. The zero-order valence-corrected chi connectivity index (χ0v) is 9.71. The molecule has 0 aliphatic heterocycles. The molecule has 94 valence electrons. The first-order chi connectivity index (χ1) is 8.22. The van der Waals surface area contributed by atoms with Gasteiger partial charge in [-0.2, -0.15) is 4.91 Å². The number of carbonyl (C=O) groups excluding carboxylic acids is 1. The van der Waals surface area contributed by atoms with E-state index in [9.17, 15) is 9.70 Å². The van der Waals surface area contributed by atoms with Gasteiger partial charge in [-0.25, -0.2) is 0 Å². The van der Waals surface area contributed by atoms with Crippen LogP contribution >= 0.6 is 0 Å². The van der Waals surface area contributed by atoms with Gasteiger partial charge in [-0.3, -0.25) is 9.48 Å². The lowest BCUT2D eigenvalue weighted by Gasteiger charge is -1.99. The topological polar surface area (TPSA) is 103 Å². The molecule has 1 amide bonds. The SMILES string of the molecule is NC(=O)CCCCCn1cc(CCN=O)nn1. The minimum absolute atomic E-state index is 0.233. The summed E-state index contributed by atoms with van der Waals surface area (Å²) in [5.74, 6) is -0.255. The van der Waals surface area contributed by atoms with Gasteiger partial charge in [0.2, 0.25) is 5.91 Å². The number of aromatic nitrogens is 3. The van der Waals surface area contributed by atoms with E-state index < -0.39 is 0 Å². The summed E-state index contributed by atoms with van der Waals surface area (Å²) < 4.78 is 1.74. The molecule has 0 atom stereocenters. The fraction of sp³-hybridized carbons (Fsp3) is 0.700. The molecule has 0 fully saturated rings. The number of primary amides is 1. The fourth-order valence-corrected chi connectivity index (χ4v) is 1.47. The van der Waals surface area contributed by atoms with Crippen LogP contribution in [0.25, 0.3) is 0 Å². The van der Waals surface area contributed by atoms with Crippen LogP contribution in [0.5, 0.6) is 0 Å². The van der Waals surface area contributed by atoms with Crippen LogP contribution in [-0.2, 0) is 17.8 Å². The Bertz CT molecular complexity index is 363. The molecule has 1 heterocycles. The number of hydrogen-bond donors (Lipinski definition) is 1. The summed E-state index contributed by atoms with van der Waals surface area (Å²) in [7, 11) is 0. The van der Waals surface area contributed by atoms with E-state index in [-0.39, 0.29) is 12.5 Å². The van der Waals surface area contributed by atoms with Crippen molar-refractivity contribution in [2.45, 2.75) is 38.6 Å². The second-order valence-electron chi connectivity index (χ2n) is 3.85. The van der Waals surface area contributed by atoms with Crippen LogP contribution in [0, 0.1) is 4.91 Å². The van der Waals surface area contributed by atoms with Crippen molar-refractivity contribution in [3.8, 4) is 0 Å². The molecule has 7 heteroatoms. The maximum absolute atomic E-state index is 10.5. The number of amides is 1. The lowest BCUT2D eigenvalue weighted by molar-refractivity contribution is -0.118. The number of rotatable bonds is 9. The van der Waals surface area contributed by atoms with Gasteiger partial charge in [0.1, 0.15) is 0 Å². The minimum Gasteiger partial charge on any atom is -0.370 e. The lowest BCUT2D eigenvalue weighted by Crippen LogP contribution is -2.09. The highest BCUT2D eigenvalue weighted by atomic mass is 16.3. The molecule has 0 radical (unpaired) electrons. The summed E-state index contributed by atoms with van der Waals surface area (Å²) in [6, 6.07) is 0. The highest BCUT2D eigenvalue weighted by Gasteiger charge is 2.01. The summed E-state index contributed by atoms with van der Waals surface area (Å²) >= 11 is 0. The molecule has 7 nitrogen and oxygen atoms in total. The van der Waals surface area contributed by atoms with Crippen molar-refractivity contribution in [1.82, 2.24) is 15.0 Å². The van der Waals surface area contributed by atoms with Gasteiger partial charge in [0.05, 0.1) is 12.2 Å². The van der Waals surface area contributed by atoms with Crippen molar-refractivity contribution in [3.05, 3.63) is 16.8 Å². The van der Waals surface area contributed by atoms with Crippen molar-refractivity contribution in [2.24, 2.45) is 10.9 Å². The summed E-state index contributed by atoms with van der Waals surface area (Å²) in [5, 5.41) is 10.6. The van der Waals surface area contributed by atoms with E-state index in [4.69, 9.17) is 5.73 Å². The molecule has 0 aliphatic carbocycles. The van der Waals surface area contributed by atoms with E-state index >= 15 is 0 Å². The Morgan fingerprint density at radius 3 is 2.94 bits per heavy atom. The molecule has 0 aromatic carbocycles. The Kier molecular flexibility index (Phi) is 5.84. The normalized spacial score (nSPS) is 10.4. The minimum atomic E-state index is -0.255. The van der Waals surface area contributed by atoms with Crippen LogP contribution in [0.1, 0.15) is 31.4 Å². The van der Waals surface area contributed by atoms with Gasteiger partial charge in [-0.15, -0.1) is 5.10 Å². The summed E-state index contributed by atoms with van der Waals surface area (Å²) in [6.45, 7) is 0.998. The van der Waals surface area contributed by atoms with Gasteiger partial charge in [0.25, 0.3) is 0 Å².